The van der Waals surface area contributed by atoms with Crippen LogP contribution in [0.5, 0.6) is 23.0 Å². The van der Waals surface area contributed by atoms with Crippen LogP contribution >= 0.6 is 11.6 Å². The number of hydrogen-bond donors (Lipinski definition) is 1. The van der Waals surface area contributed by atoms with Gasteiger partial charge in [0.25, 0.3) is 0 Å². The number of halogens is 4. The first-order valence-corrected chi connectivity index (χ1v) is 14.3. The van der Waals surface area contributed by atoms with E-state index in [1.165, 1.54) is 12.1 Å². The lowest BCUT2D eigenvalue weighted by Gasteiger charge is -2.18. The third kappa shape index (κ3) is 8.90. The lowest BCUT2D eigenvalue weighted by molar-refractivity contribution is -0.274. The first-order valence-electron chi connectivity index (χ1n) is 13.9. The molecule has 0 aliphatic heterocycles. The molecule has 0 bridgehead atoms. The fourth-order valence-corrected chi connectivity index (χ4v) is 4.65. The number of carbonyl (C=O) groups excluding carboxylic acids is 1. The molecular weight excluding hydrogens is 603 g/mol. The Morgan fingerprint density at radius 2 is 1.59 bits per heavy atom. The average molecular weight is 634 g/mol. The lowest BCUT2D eigenvalue weighted by Crippen LogP contribution is -2.16. The van der Waals surface area contributed by atoms with E-state index in [0.717, 1.165) is 37.8 Å². The van der Waals surface area contributed by atoms with Gasteiger partial charge >= 0.3 is 12.5 Å². The van der Waals surface area contributed by atoms with E-state index in [4.69, 9.17) is 30.5 Å². The van der Waals surface area contributed by atoms with E-state index in [2.05, 4.69) is 16.6 Å². The molecule has 0 radical (unpaired) electrons. The van der Waals surface area contributed by atoms with Gasteiger partial charge in [-0.05, 0) is 73.0 Å². The zero-order valence-corrected chi connectivity index (χ0v) is 24.8. The van der Waals surface area contributed by atoms with Crippen LogP contribution in [0.3, 0.4) is 0 Å². The summed E-state index contributed by atoms with van der Waals surface area (Å²) in [5.41, 5.74) is 2.89. The van der Waals surface area contributed by atoms with Crippen molar-refractivity contribution in [3.63, 3.8) is 0 Å². The van der Waals surface area contributed by atoms with E-state index in [0.29, 0.717) is 55.6 Å². The van der Waals surface area contributed by atoms with Gasteiger partial charge in [0.2, 0.25) is 6.79 Å². The highest BCUT2D eigenvalue weighted by Gasteiger charge is 2.31. The molecule has 0 atom stereocenters. The summed E-state index contributed by atoms with van der Waals surface area (Å²) in [5.74, 6) is 0.724. The van der Waals surface area contributed by atoms with Crippen molar-refractivity contribution in [3.05, 3.63) is 76.9 Å². The van der Waals surface area contributed by atoms with E-state index in [9.17, 15) is 23.1 Å². The average Bonchev–Trinajstić information content (AvgIpc) is 2.98. The molecule has 0 spiro atoms. The van der Waals surface area contributed by atoms with Gasteiger partial charge in [-0.15, -0.1) is 13.2 Å². The Bertz CT molecular complexity index is 1560. The molecule has 0 amide bonds. The van der Waals surface area contributed by atoms with Gasteiger partial charge < -0.3 is 28.8 Å². The van der Waals surface area contributed by atoms with Crippen molar-refractivity contribution >= 4 is 28.7 Å². The molecule has 234 valence electrons. The minimum atomic E-state index is -4.79. The molecule has 8 nitrogen and oxygen atoms in total. The summed E-state index contributed by atoms with van der Waals surface area (Å²) in [6.45, 7) is 3.41. The van der Waals surface area contributed by atoms with Crippen LogP contribution in [-0.4, -0.2) is 36.0 Å². The van der Waals surface area contributed by atoms with Gasteiger partial charge in [0.05, 0.1) is 18.7 Å². The molecule has 1 N–H and O–H groups in total. The summed E-state index contributed by atoms with van der Waals surface area (Å²) in [6.07, 6.45) is -1.82. The number of carbonyl (C=O) groups is 1. The molecule has 3 aromatic carbocycles. The molecule has 4 rings (SSSR count). The third-order valence-corrected chi connectivity index (χ3v) is 6.84. The number of fused-ring (bicyclic) bond motifs is 1. The van der Waals surface area contributed by atoms with Crippen LogP contribution in [-0.2, 0) is 16.1 Å². The molecular formula is C32H31ClF3NO7. The van der Waals surface area contributed by atoms with Crippen molar-refractivity contribution in [1.29, 1.82) is 0 Å². The quantitative estimate of drug-likeness (QED) is 0.0885. The molecule has 12 heteroatoms. The normalized spacial score (nSPS) is 11.3. The lowest BCUT2D eigenvalue weighted by atomic mass is 9.99. The zero-order valence-electron chi connectivity index (χ0n) is 24.1. The van der Waals surface area contributed by atoms with Crippen molar-refractivity contribution in [2.24, 2.45) is 0 Å². The van der Waals surface area contributed by atoms with Crippen LogP contribution in [0.4, 0.5) is 18.0 Å². The summed E-state index contributed by atoms with van der Waals surface area (Å²) in [4.78, 5) is 16.8. The number of hydrogen-bond acceptors (Lipinski definition) is 8. The van der Waals surface area contributed by atoms with E-state index in [1.807, 2.05) is 0 Å². The minimum absolute atomic E-state index is 0.251. The Morgan fingerprint density at radius 3 is 2.23 bits per heavy atom. The molecule has 1 heterocycles. The minimum Gasteiger partial charge on any atom is -0.457 e. The fraction of sp³-hybridized carbons (Fsp3) is 0.312. The maximum atomic E-state index is 12.4. The van der Waals surface area contributed by atoms with Gasteiger partial charge in [0.15, 0.2) is 0 Å². The number of ether oxygens (including phenoxy) is 5. The summed E-state index contributed by atoms with van der Waals surface area (Å²) in [7, 11) is 0. The molecule has 4 aromatic rings. The fourth-order valence-electron chi connectivity index (χ4n) is 4.42. The molecule has 0 saturated carbocycles. The first kappa shape index (κ1) is 32.7. The maximum Gasteiger partial charge on any atom is 0.573 e. The second-order valence-electron chi connectivity index (χ2n) is 9.73. The van der Waals surface area contributed by atoms with Crippen LogP contribution in [0.2, 0.25) is 5.02 Å². The topological polar surface area (TPSA) is 96.3 Å². The smallest absolute Gasteiger partial charge is 0.457 e. The molecule has 0 unspecified atom stereocenters. The molecule has 0 fully saturated rings. The highest BCUT2D eigenvalue weighted by molar-refractivity contribution is 6.32. The standard InChI is InChI=1S/C32H31ClF3NO7/c1-3-4-5-6-15-40-31(39)42-19-41-30-26-17-27(33)22(18-38)16-28(26)37-20(2)29(30)21-7-9-23(10-8-21)43-24-11-13-25(14-12-24)44-32(34,35)36/h7-14,16-17,38H,3-6,15,18-19H2,1-2H3. The van der Waals surface area contributed by atoms with Gasteiger partial charge in [-0.3, -0.25) is 4.98 Å². The molecule has 1 aromatic heterocycles. The number of pyridine rings is 1. The van der Waals surface area contributed by atoms with Crippen LogP contribution in [0, 0.1) is 6.92 Å². The highest BCUT2D eigenvalue weighted by Crippen LogP contribution is 2.41. The summed E-state index contributed by atoms with van der Waals surface area (Å²) >= 11 is 6.40. The predicted octanol–water partition coefficient (Wildman–Crippen LogP) is 9.12. The molecule has 0 saturated heterocycles. The van der Waals surface area contributed by atoms with Crippen molar-refractivity contribution in [1.82, 2.24) is 4.98 Å². The number of aromatic nitrogens is 1. The van der Waals surface area contributed by atoms with Crippen molar-refractivity contribution in [2.75, 3.05) is 13.4 Å². The number of aliphatic hydroxyl groups excluding tert-OH is 1. The molecule has 0 aliphatic carbocycles. The molecule has 0 aliphatic rings. The van der Waals surface area contributed by atoms with E-state index >= 15 is 0 Å². The third-order valence-electron chi connectivity index (χ3n) is 6.49. The van der Waals surface area contributed by atoms with Gasteiger partial charge in [-0.25, -0.2) is 4.79 Å². The Labute approximate surface area is 257 Å². The van der Waals surface area contributed by atoms with Crippen LogP contribution in [0.15, 0.2) is 60.7 Å². The summed E-state index contributed by atoms with van der Waals surface area (Å²) < 4.78 is 63.2. The number of aryl methyl sites for hydroxylation is 1. The Morgan fingerprint density at radius 1 is 0.932 bits per heavy atom. The van der Waals surface area contributed by atoms with Gasteiger partial charge in [-0.2, -0.15) is 0 Å². The Hall–Kier alpha value is -4.22. The number of nitrogens with zero attached hydrogens (tertiary/aromatic N) is 1. The van der Waals surface area contributed by atoms with Crippen molar-refractivity contribution < 1.29 is 46.8 Å². The first-order chi connectivity index (χ1) is 21.1. The Balaban J connectivity index is 1.56. The monoisotopic (exact) mass is 633 g/mol. The zero-order chi connectivity index (χ0) is 31.7. The van der Waals surface area contributed by atoms with Crippen molar-refractivity contribution in [3.8, 4) is 34.1 Å². The predicted molar refractivity (Wildman–Crippen MR) is 158 cm³/mol. The van der Waals surface area contributed by atoms with Gasteiger partial charge in [-0.1, -0.05) is 49.9 Å². The van der Waals surface area contributed by atoms with E-state index in [1.54, 1.807) is 43.3 Å². The molecule has 44 heavy (non-hydrogen) atoms. The van der Waals surface area contributed by atoms with Crippen LogP contribution in [0.25, 0.3) is 22.0 Å². The van der Waals surface area contributed by atoms with Gasteiger partial charge in [0, 0.05) is 21.7 Å². The van der Waals surface area contributed by atoms with Crippen molar-refractivity contribution in [2.45, 2.75) is 52.5 Å². The second-order valence-corrected chi connectivity index (χ2v) is 10.1. The summed E-state index contributed by atoms with van der Waals surface area (Å²) in [6, 6.07) is 15.2. The van der Waals surface area contributed by atoms with E-state index in [-0.39, 0.29) is 19.0 Å². The SMILES string of the molecule is CCCCCCOC(=O)OCOc1c(-c2ccc(Oc3ccc(OC(F)(F)F)cc3)cc2)c(C)nc2cc(CO)c(Cl)cc12. The van der Waals surface area contributed by atoms with Crippen LogP contribution < -0.4 is 14.2 Å². The highest BCUT2D eigenvalue weighted by atomic mass is 35.5. The maximum absolute atomic E-state index is 12.4. The van der Waals surface area contributed by atoms with Crippen LogP contribution in [0.1, 0.15) is 43.9 Å². The van der Waals surface area contributed by atoms with Gasteiger partial charge in [0.1, 0.15) is 23.0 Å². The number of alkyl halides is 3. The van der Waals surface area contributed by atoms with E-state index < -0.39 is 19.3 Å². The second kappa shape index (κ2) is 15.0. The Kier molecular flexibility index (Phi) is 11.1. The largest absolute Gasteiger partial charge is 0.573 e. The number of unbranched alkanes of at least 4 members (excludes halogenated alkanes) is 3. The number of benzene rings is 3. The summed E-state index contributed by atoms with van der Waals surface area (Å²) in [5, 5.41) is 10.5. The number of rotatable bonds is 13. The number of aliphatic hydroxyl groups is 1.